The van der Waals surface area contributed by atoms with Gasteiger partial charge in [0.25, 0.3) is 12.3 Å². The number of anilines is 1. The van der Waals surface area contributed by atoms with Gasteiger partial charge in [-0.15, -0.1) is 0 Å². The Morgan fingerprint density at radius 1 is 1.02 bits per heavy atom. The molecule has 0 aliphatic carbocycles. The number of carbonyl (C=O) groups is 2. The fourth-order valence-electron chi connectivity index (χ4n) is 5.94. The zero-order valence-corrected chi connectivity index (χ0v) is 25.1. The number of piperidine rings is 1. The second-order valence-electron chi connectivity index (χ2n) is 11.7. The number of nitrogens with zero attached hydrogens (tertiary/aromatic N) is 5. The number of carbonyl (C=O) groups excluding carboxylic acids is 2. The number of nitrogens with one attached hydrogen (secondary N) is 1. The smallest absolute Gasteiger partial charge is 0.321 e. The van der Waals surface area contributed by atoms with Crippen LogP contribution in [0.25, 0.3) is 0 Å². The maximum atomic E-state index is 14.6. The molecule has 3 aliphatic heterocycles. The van der Waals surface area contributed by atoms with Gasteiger partial charge in [-0.3, -0.25) is 0 Å². The Morgan fingerprint density at radius 2 is 1.76 bits per heavy atom. The first-order chi connectivity index (χ1) is 21.4. The fraction of sp³-hybridized carbons (Fsp3) is 0.467. The topological polar surface area (TPSA) is 90.9 Å². The van der Waals surface area contributed by atoms with Crippen molar-refractivity contribution in [3.05, 3.63) is 70.2 Å². The van der Waals surface area contributed by atoms with E-state index < -0.39 is 29.9 Å². The standard InChI is InChI=1S/C30H31F5N6O3S/c1-18-2-4-20(13-22(18)31)29(26-36-17-37-45-26)6-9-40(16-29)27(42)38-23-12-19(25(32)33)3-5-24(23)44-21-14-41(15-21)28(43)39-10-7-30(34,35)8-11-39/h2-5,12-13,17,21,25H,6-11,14-16H2,1H3,(H,38,42)/t29-/m0/s1. The van der Waals surface area contributed by atoms with E-state index in [1.165, 1.54) is 50.8 Å². The summed E-state index contributed by atoms with van der Waals surface area (Å²) in [5.74, 6) is -2.99. The van der Waals surface area contributed by atoms with Gasteiger partial charge in [0.1, 0.15) is 29.0 Å². The van der Waals surface area contributed by atoms with E-state index in [0.717, 1.165) is 6.07 Å². The van der Waals surface area contributed by atoms with E-state index in [1.54, 1.807) is 13.0 Å². The number of urea groups is 2. The molecule has 45 heavy (non-hydrogen) atoms. The minimum Gasteiger partial charge on any atom is -0.485 e. The van der Waals surface area contributed by atoms with Crippen LogP contribution < -0.4 is 10.1 Å². The van der Waals surface area contributed by atoms with Crippen molar-refractivity contribution in [1.82, 2.24) is 24.1 Å². The average molecular weight is 651 g/mol. The molecular weight excluding hydrogens is 619 g/mol. The Hall–Kier alpha value is -4.01. The number of amides is 4. The molecule has 1 N–H and O–H groups in total. The lowest BCUT2D eigenvalue weighted by Crippen LogP contribution is -2.60. The van der Waals surface area contributed by atoms with Crippen molar-refractivity contribution in [1.29, 1.82) is 0 Å². The SMILES string of the molecule is Cc1ccc([C@]2(c3ncns3)CCN(C(=O)Nc3cc(C(F)F)ccc3OC3CN(C(=O)N4CCC(F)(F)CC4)C3)C2)cc1F. The van der Waals surface area contributed by atoms with Gasteiger partial charge in [0.05, 0.1) is 24.2 Å². The number of alkyl halides is 4. The monoisotopic (exact) mass is 650 g/mol. The third kappa shape index (κ3) is 6.26. The number of likely N-dealkylation sites (tertiary alicyclic amines) is 3. The molecule has 15 heteroatoms. The highest BCUT2D eigenvalue weighted by Gasteiger charge is 2.46. The zero-order chi connectivity index (χ0) is 31.9. The molecule has 0 unspecified atom stereocenters. The van der Waals surface area contributed by atoms with Crippen LogP contribution in [0.1, 0.15) is 47.4 Å². The van der Waals surface area contributed by atoms with Crippen LogP contribution in [0.5, 0.6) is 5.75 Å². The number of aryl methyl sites for hydroxylation is 1. The summed E-state index contributed by atoms with van der Waals surface area (Å²) in [6, 6.07) is 7.72. The summed E-state index contributed by atoms with van der Waals surface area (Å²) < 4.78 is 79.0. The molecule has 9 nitrogen and oxygen atoms in total. The van der Waals surface area contributed by atoms with E-state index >= 15 is 0 Å². The van der Waals surface area contributed by atoms with Gasteiger partial charge in [0.2, 0.25) is 0 Å². The molecule has 2 aromatic carbocycles. The number of hydrogen-bond donors (Lipinski definition) is 1. The molecule has 0 bridgehead atoms. The van der Waals surface area contributed by atoms with Gasteiger partial charge in [-0.1, -0.05) is 12.1 Å². The average Bonchev–Trinajstić information content (AvgIpc) is 3.68. The highest BCUT2D eigenvalue weighted by Crippen LogP contribution is 2.42. The molecule has 1 aromatic heterocycles. The van der Waals surface area contributed by atoms with Gasteiger partial charge in [-0.25, -0.2) is 36.5 Å². The molecule has 4 heterocycles. The van der Waals surface area contributed by atoms with Gasteiger partial charge >= 0.3 is 12.1 Å². The van der Waals surface area contributed by atoms with Crippen molar-refractivity contribution in [3.8, 4) is 5.75 Å². The van der Waals surface area contributed by atoms with Crippen molar-refractivity contribution in [2.24, 2.45) is 0 Å². The number of ether oxygens (including phenoxy) is 1. The lowest BCUT2D eigenvalue weighted by Gasteiger charge is -2.43. The first-order valence-electron chi connectivity index (χ1n) is 14.5. The van der Waals surface area contributed by atoms with Crippen LogP contribution >= 0.6 is 11.5 Å². The summed E-state index contributed by atoms with van der Waals surface area (Å²) >= 11 is 1.17. The lowest BCUT2D eigenvalue weighted by atomic mass is 9.80. The first kappa shape index (κ1) is 31.0. The maximum Gasteiger partial charge on any atom is 0.321 e. The third-order valence-electron chi connectivity index (χ3n) is 8.73. The van der Waals surface area contributed by atoms with E-state index in [9.17, 15) is 31.5 Å². The summed E-state index contributed by atoms with van der Waals surface area (Å²) in [5.41, 5.74) is 0.0630. The molecular formula is C30H31F5N6O3S. The molecule has 1 atom stereocenters. The molecule has 3 saturated heterocycles. The Balaban J connectivity index is 1.15. The number of rotatable bonds is 6. The van der Waals surface area contributed by atoms with E-state index in [1.807, 2.05) is 6.07 Å². The maximum absolute atomic E-state index is 14.6. The predicted molar refractivity (Wildman–Crippen MR) is 156 cm³/mol. The predicted octanol–water partition coefficient (Wildman–Crippen LogP) is 6.06. The number of aromatic nitrogens is 2. The summed E-state index contributed by atoms with van der Waals surface area (Å²) in [6.45, 7) is 2.40. The largest absolute Gasteiger partial charge is 0.485 e. The number of hydrogen-bond acceptors (Lipinski definition) is 6. The van der Waals surface area contributed by atoms with Gasteiger partial charge in [-0.05, 0) is 60.3 Å². The Labute approximate surface area is 260 Å². The summed E-state index contributed by atoms with van der Waals surface area (Å²) in [4.78, 5) is 35.0. The third-order valence-corrected chi connectivity index (χ3v) is 9.60. The minimum absolute atomic E-state index is 0.0329. The second-order valence-corrected chi connectivity index (χ2v) is 12.5. The minimum atomic E-state index is -2.79. The fourth-order valence-corrected chi connectivity index (χ4v) is 6.69. The van der Waals surface area contributed by atoms with Crippen LogP contribution in [0.3, 0.4) is 0 Å². The van der Waals surface area contributed by atoms with Crippen LogP contribution in [0.2, 0.25) is 0 Å². The molecule has 0 radical (unpaired) electrons. The molecule has 0 saturated carbocycles. The highest BCUT2D eigenvalue weighted by atomic mass is 32.1. The zero-order valence-electron chi connectivity index (χ0n) is 24.3. The molecule has 3 aliphatic rings. The number of benzene rings is 2. The molecule has 0 spiro atoms. The summed E-state index contributed by atoms with van der Waals surface area (Å²) in [6.07, 6.45) is -2.19. The van der Waals surface area contributed by atoms with Crippen molar-refractivity contribution in [2.45, 2.75) is 50.1 Å². The summed E-state index contributed by atoms with van der Waals surface area (Å²) in [7, 11) is 0. The van der Waals surface area contributed by atoms with E-state index in [4.69, 9.17) is 4.74 Å². The van der Waals surface area contributed by atoms with E-state index in [0.29, 0.717) is 22.6 Å². The van der Waals surface area contributed by atoms with Gasteiger partial charge in [0.15, 0.2) is 0 Å². The normalized spacial score (nSPS) is 21.6. The number of halogens is 5. The van der Waals surface area contributed by atoms with Gasteiger partial charge < -0.3 is 24.8 Å². The molecule has 240 valence electrons. The molecule has 6 rings (SSSR count). The molecule has 3 fully saturated rings. The summed E-state index contributed by atoms with van der Waals surface area (Å²) in [5, 5.41) is 3.34. The van der Waals surface area contributed by atoms with Crippen LogP contribution in [-0.2, 0) is 5.41 Å². The Morgan fingerprint density at radius 3 is 2.42 bits per heavy atom. The van der Waals surface area contributed by atoms with Crippen LogP contribution in [-0.4, -0.2) is 87.4 Å². The van der Waals surface area contributed by atoms with Crippen molar-refractivity contribution < 1.29 is 36.3 Å². The van der Waals surface area contributed by atoms with Gasteiger partial charge in [-0.2, -0.15) is 4.37 Å². The van der Waals surface area contributed by atoms with E-state index in [-0.39, 0.29) is 81.0 Å². The van der Waals surface area contributed by atoms with Gasteiger partial charge in [0, 0.05) is 44.6 Å². The lowest BCUT2D eigenvalue weighted by molar-refractivity contribution is -0.0533. The van der Waals surface area contributed by atoms with E-state index in [2.05, 4.69) is 14.7 Å². The second kappa shape index (κ2) is 12.1. The first-order valence-corrected chi connectivity index (χ1v) is 15.3. The Kier molecular flexibility index (Phi) is 8.31. The van der Waals surface area contributed by atoms with Crippen LogP contribution in [0.4, 0.5) is 37.2 Å². The Bertz CT molecular complexity index is 1560. The van der Waals surface area contributed by atoms with Crippen molar-refractivity contribution in [2.75, 3.05) is 44.6 Å². The quantitative estimate of drug-likeness (QED) is 0.328. The van der Waals surface area contributed by atoms with Crippen molar-refractivity contribution >= 4 is 29.3 Å². The van der Waals surface area contributed by atoms with Crippen LogP contribution in [0.15, 0.2) is 42.7 Å². The van der Waals surface area contributed by atoms with Crippen LogP contribution in [0, 0.1) is 12.7 Å². The molecule has 3 aromatic rings. The molecule has 4 amide bonds. The van der Waals surface area contributed by atoms with Crippen molar-refractivity contribution in [3.63, 3.8) is 0 Å². The highest BCUT2D eigenvalue weighted by molar-refractivity contribution is 7.05.